The van der Waals surface area contributed by atoms with Crippen LogP contribution in [0, 0.1) is 0 Å². The fourth-order valence-corrected chi connectivity index (χ4v) is 1.23. The van der Waals surface area contributed by atoms with Crippen molar-refractivity contribution in [3.63, 3.8) is 0 Å². The van der Waals surface area contributed by atoms with E-state index in [1.807, 2.05) is 0 Å². The van der Waals surface area contributed by atoms with Crippen LogP contribution in [0.25, 0.3) is 0 Å². The van der Waals surface area contributed by atoms with Crippen LogP contribution < -0.4 is 5.43 Å². The minimum Gasteiger partial charge on any atom is -0.289 e. The van der Waals surface area contributed by atoms with E-state index in [2.05, 4.69) is 5.10 Å². The van der Waals surface area contributed by atoms with Crippen molar-refractivity contribution in [3.8, 4) is 0 Å². The number of carbonyl (C=O) groups is 2. The Morgan fingerprint density at radius 2 is 1.50 bits per heavy atom. The van der Waals surface area contributed by atoms with Gasteiger partial charge in [0, 0.05) is 5.56 Å². The molecule has 22 heavy (non-hydrogen) atoms. The van der Waals surface area contributed by atoms with Gasteiger partial charge in [0.25, 0.3) is 5.91 Å². The molecule has 10 heteroatoms. The second kappa shape index (κ2) is 6.58. The van der Waals surface area contributed by atoms with Crippen LogP contribution >= 0.6 is 0 Å². The van der Waals surface area contributed by atoms with Crippen LogP contribution in [0.15, 0.2) is 35.4 Å². The lowest BCUT2D eigenvalue weighted by molar-refractivity contribution is -0.170. The standard InChI is InChI=1S/C12H8F6N2O2/c13-11(14,15)8(6-9(21)12(16,17)18)19-20-10(22)7-4-2-1-3-5-7/h1-5H,6H2,(H,20,22)/b19-8-. The van der Waals surface area contributed by atoms with Crippen LogP contribution in [0.2, 0.25) is 0 Å². The second-order valence-corrected chi connectivity index (χ2v) is 3.96. The number of benzene rings is 1. The van der Waals surface area contributed by atoms with E-state index in [0.717, 1.165) is 0 Å². The third-order valence-corrected chi connectivity index (χ3v) is 2.30. The lowest BCUT2D eigenvalue weighted by Crippen LogP contribution is -2.34. The molecule has 0 atom stereocenters. The Balaban J connectivity index is 2.89. The zero-order valence-corrected chi connectivity index (χ0v) is 10.6. The average Bonchev–Trinajstić information content (AvgIpc) is 2.41. The highest BCUT2D eigenvalue weighted by Crippen LogP contribution is 2.24. The number of hydrogen-bond donors (Lipinski definition) is 1. The quantitative estimate of drug-likeness (QED) is 0.525. The summed E-state index contributed by atoms with van der Waals surface area (Å²) in [6, 6.07) is 6.92. The molecule has 4 nitrogen and oxygen atoms in total. The van der Waals surface area contributed by atoms with E-state index in [4.69, 9.17) is 0 Å². The Morgan fingerprint density at radius 3 is 1.95 bits per heavy atom. The van der Waals surface area contributed by atoms with Gasteiger partial charge < -0.3 is 0 Å². The minimum absolute atomic E-state index is 0.0464. The van der Waals surface area contributed by atoms with Gasteiger partial charge in [-0.3, -0.25) is 9.59 Å². The lowest BCUT2D eigenvalue weighted by atomic mass is 10.2. The molecule has 0 heterocycles. The van der Waals surface area contributed by atoms with Gasteiger partial charge in [-0.15, -0.1) is 0 Å². The number of Topliss-reactive ketones (excluding diaryl/α,β-unsaturated/α-hetero) is 1. The molecular weight excluding hydrogens is 318 g/mol. The molecule has 0 radical (unpaired) electrons. The number of carbonyl (C=O) groups excluding carboxylic acids is 2. The van der Waals surface area contributed by atoms with Crippen molar-refractivity contribution in [2.24, 2.45) is 5.10 Å². The zero-order valence-electron chi connectivity index (χ0n) is 10.6. The van der Waals surface area contributed by atoms with Crippen molar-refractivity contribution in [1.82, 2.24) is 5.43 Å². The summed E-state index contributed by atoms with van der Waals surface area (Å²) >= 11 is 0. The van der Waals surface area contributed by atoms with E-state index in [-0.39, 0.29) is 5.56 Å². The van der Waals surface area contributed by atoms with Crippen molar-refractivity contribution in [2.45, 2.75) is 18.8 Å². The van der Waals surface area contributed by atoms with E-state index < -0.39 is 36.2 Å². The smallest absolute Gasteiger partial charge is 0.289 e. The summed E-state index contributed by atoms with van der Waals surface area (Å²) < 4.78 is 73.6. The molecule has 0 aromatic heterocycles. The summed E-state index contributed by atoms with van der Waals surface area (Å²) in [5, 5.41) is 2.60. The lowest BCUT2D eigenvalue weighted by Gasteiger charge is -2.11. The number of hydrazone groups is 1. The van der Waals surface area contributed by atoms with Gasteiger partial charge in [-0.2, -0.15) is 31.4 Å². The molecule has 0 unspecified atom stereocenters. The first-order valence-corrected chi connectivity index (χ1v) is 5.61. The number of alkyl halides is 6. The fraction of sp³-hybridized carbons (Fsp3) is 0.250. The van der Waals surface area contributed by atoms with Crippen LogP contribution in [-0.4, -0.2) is 29.8 Å². The number of amides is 1. The molecule has 120 valence electrons. The van der Waals surface area contributed by atoms with Crippen molar-refractivity contribution < 1.29 is 35.9 Å². The SMILES string of the molecule is O=C(N/N=C(/CC(=O)C(F)(F)F)C(F)(F)F)c1ccccc1. The van der Waals surface area contributed by atoms with E-state index in [1.54, 1.807) is 6.07 Å². The van der Waals surface area contributed by atoms with Gasteiger partial charge in [0.15, 0.2) is 0 Å². The Hall–Kier alpha value is -2.39. The third-order valence-electron chi connectivity index (χ3n) is 2.30. The fourth-order valence-electron chi connectivity index (χ4n) is 1.23. The maximum atomic E-state index is 12.5. The topological polar surface area (TPSA) is 58.5 Å². The van der Waals surface area contributed by atoms with E-state index in [9.17, 15) is 35.9 Å². The van der Waals surface area contributed by atoms with Gasteiger partial charge in [0.05, 0.1) is 6.42 Å². The van der Waals surface area contributed by atoms with E-state index >= 15 is 0 Å². The largest absolute Gasteiger partial charge is 0.450 e. The highest BCUT2D eigenvalue weighted by atomic mass is 19.4. The molecule has 0 saturated heterocycles. The molecular formula is C12H8F6N2O2. The number of rotatable bonds is 4. The summed E-state index contributed by atoms with van der Waals surface area (Å²) in [5.41, 5.74) is -0.617. The van der Waals surface area contributed by atoms with Crippen molar-refractivity contribution in [2.75, 3.05) is 0 Å². The monoisotopic (exact) mass is 326 g/mol. The molecule has 0 fully saturated rings. The van der Waals surface area contributed by atoms with Gasteiger partial charge in [-0.25, -0.2) is 5.43 Å². The van der Waals surface area contributed by atoms with Crippen LogP contribution in [-0.2, 0) is 4.79 Å². The van der Waals surface area contributed by atoms with Gasteiger partial charge in [0.2, 0.25) is 5.78 Å². The predicted molar refractivity (Wildman–Crippen MR) is 63.1 cm³/mol. The van der Waals surface area contributed by atoms with Crippen LogP contribution in [0.3, 0.4) is 0 Å². The highest BCUT2D eigenvalue weighted by molar-refractivity contribution is 6.07. The molecule has 1 N–H and O–H groups in total. The van der Waals surface area contributed by atoms with E-state index in [1.165, 1.54) is 29.7 Å². The Kier molecular flexibility index (Phi) is 5.28. The highest BCUT2D eigenvalue weighted by Gasteiger charge is 2.45. The van der Waals surface area contributed by atoms with Crippen LogP contribution in [0.4, 0.5) is 26.3 Å². The summed E-state index contributed by atoms with van der Waals surface area (Å²) in [6.45, 7) is 0. The molecule has 1 rings (SSSR count). The minimum atomic E-state index is -5.42. The van der Waals surface area contributed by atoms with Crippen LogP contribution in [0.1, 0.15) is 16.8 Å². The first-order chi connectivity index (χ1) is 10.0. The Labute approximate surface area is 119 Å². The molecule has 0 aliphatic carbocycles. The zero-order chi connectivity index (χ0) is 17.0. The first-order valence-electron chi connectivity index (χ1n) is 5.61. The summed E-state index contributed by atoms with van der Waals surface area (Å²) in [7, 11) is 0. The summed E-state index contributed by atoms with van der Waals surface area (Å²) in [4.78, 5) is 22.1. The number of hydrogen-bond acceptors (Lipinski definition) is 3. The maximum absolute atomic E-state index is 12.5. The molecule has 1 aromatic carbocycles. The average molecular weight is 326 g/mol. The Bertz CT molecular complexity index is 578. The van der Waals surface area contributed by atoms with Crippen molar-refractivity contribution in [1.29, 1.82) is 0 Å². The number of nitrogens with zero attached hydrogens (tertiary/aromatic N) is 1. The molecule has 0 saturated carbocycles. The van der Waals surface area contributed by atoms with Gasteiger partial charge in [-0.1, -0.05) is 18.2 Å². The van der Waals surface area contributed by atoms with Crippen molar-refractivity contribution in [3.05, 3.63) is 35.9 Å². The molecule has 1 aromatic rings. The molecule has 0 bridgehead atoms. The number of halogens is 6. The molecule has 0 aliphatic rings. The van der Waals surface area contributed by atoms with Gasteiger partial charge >= 0.3 is 12.4 Å². The number of nitrogens with one attached hydrogen (secondary N) is 1. The Morgan fingerprint density at radius 1 is 0.955 bits per heavy atom. The normalized spacial score (nSPS) is 12.9. The van der Waals surface area contributed by atoms with E-state index in [0.29, 0.717) is 0 Å². The molecule has 1 amide bonds. The third kappa shape index (κ3) is 5.19. The van der Waals surface area contributed by atoms with Crippen LogP contribution in [0.5, 0.6) is 0 Å². The van der Waals surface area contributed by atoms with Gasteiger partial charge in [-0.05, 0) is 12.1 Å². The second-order valence-electron chi connectivity index (χ2n) is 3.96. The first kappa shape index (κ1) is 17.7. The van der Waals surface area contributed by atoms with Crippen molar-refractivity contribution >= 4 is 17.4 Å². The summed E-state index contributed by atoms with van der Waals surface area (Å²) in [5.74, 6) is -3.67. The maximum Gasteiger partial charge on any atom is 0.450 e. The number of ketones is 1. The predicted octanol–water partition coefficient (Wildman–Crippen LogP) is 2.86. The van der Waals surface area contributed by atoms with Gasteiger partial charge in [0.1, 0.15) is 5.71 Å². The molecule has 0 spiro atoms. The summed E-state index contributed by atoms with van der Waals surface area (Å²) in [6.07, 6.45) is -12.7. The molecule has 0 aliphatic heterocycles.